The lowest BCUT2D eigenvalue weighted by molar-refractivity contribution is 0.0396. The van der Waals surface area contributed by atoms with Crippen LogP contribution in [-0.4, -0.2) is 35.4 Å². The van der Waals surface area contributed by atoms with E-state index in [1.165, 1.54) is 0 Å². The molecule has 0 aliphatic rings. The zero-order chi connectivity index (χ0) is 18.1. The van der Waals surface area contributed by atoms with Gasteiger partial charge in [0.1, 0.15) is 0 Å². The van der Waals surface area contributed by atoms with Crippen molar-refractivity contribution < 1.29 is 29.3 Å². The molecule has 0 aliphatic heterocycles. The van der Waals surface area contributed by atoms with Crippen LogP contribution in [0.2, 0.25) is 0 Å². The van der Waals surface area contributed by atoms with Gasteiger partial charge in [0.05, 0.1) is 37.6 Å². The van der Waals surface area contributed by atoms with Gasteiger partial charge in [-0.3, -0.25) is 0 Å². The number of hydrogen-bond donors (Lipinski definition) is 2. The average Bonchev–Trinajstić information content (AvgIpc) is 2.67. The standard InChI is InChI=1S/C19H20O6/c20-12-14-2-6-16(7-3-14)18(22)24-10-1-11-25-19(23)17-8-4-15(13-21)5-9-17/h2-9,20-21H,1,10-13H2. The summed E-state index contributed by atoms with van der Waals surface area (Å²) in [5, 5.41) is 17.9. The van der Waals surface area contributed by atoms with Gasteiger partial charge in [-0.2, -0.15) is 0 Å². The highest BCUT2D eigenvalue weighted by Crippen LogP contribution is 2.08. The summed E-state index contributed by atoms with van der Waals surface area (Å²) in [5.41, 5.74) is 2.24. The van der Waals surface area contributed by atoms with Gasteiger partial charge in [-0.25, -0.2) is 9.59 Å². The lowest BCUT2D eigenvalue weighted by Crippen LogP contribution is -2.11. The first-order valence-electron chi connectivity index (χ1n) is 7.88. The summed E-state index contributed by atoms with van der Waals surface area (Å²) < 4.78 is 10.2. The maximum Gasteiger partial charge on any atom is 0.338 e. The molecule has 0 unspecified atom stereocenters. The van der Waals surface area contributed by atoms with Crippen molar-refractivity contribution in [3.8, 4) is 0 Å². The van der Waals surface area contributed by atoms with Crippen LogP contribution in [-0.2, 0) is 22.7 Å². The molecule has 0 fully saturated rings. The quantitative estimate of drug-likeness (QED) is 0.562. The molecular weight excluding hydrogens is 324 g/mol. The normalized spacial score (nSPS) is 10.3. The van der Waals surface area contributed by atoms with Gasteiger partial charge in [0.2, 0.25) is 0 Å². The van der Waals surface area contributed by atoms with E-state index in [1.54, 1.807) is 48.5 Å². The number of carbonyl (C=O) groups excluding carboxylic acids is 2. The molecule has 0 amide bonds. The van der Waals surface area contributed by atoms with Gasteiger partial charge in [-0.05, 0) is 35.4 Å². The molecule has 0 bridgehead atoms. The van der Waals surface area contributed by atoms with Crippen molar-refractivity contribution in [1.82, 2.24) is 0 Å². The fraction of sp³-hybridized carbons (Fsp3) is 0.263. The number of hydrogen-bond acceptors (Lipinski definition) is 6. The van der Waals surface area contributed by atoms with Crippen LogP contribution >= 0.6 is 0 Å². The Morgan fingerprint density at radius 3 is 1.36 bits per heavy atom. The van der Waals surface area contributed by atoms with Crippen molar-refractivity contribution in [2.24, 2.45) is 0 Å². The summed E-state index contributed by atoms with van der Waals surface area (Å²) in [6.07, 6.45) is 0.390. The Kier molecular flexibility index (Phi) is 7.13. The molecule has 0 spiro atoms. The second kappa shape index (κ2) is 9.56. The maximum atomic E-state index is 11.8. The highest BCUT2D eigenvalue weighted by atomic mass is 16.5. The van der Waals surface area contributed by atoms with Gasteiger partial charge < -0.3 is 19.7 Å². The van der Waals surface area contributed by atoms with Crippen molar-refractivity contribution in [1.29, 1.82) is 0 Å². The fourth-order valence-electron chi connectivity index (χ4n) is 2.05. The highest BCUT2D eigenvalue weighted by molar-refractivity contribution is 5.89. The molecule has 25 heavy (non-hydrogen) atoms. The van der Waals surface area contributed by atoms with Crippen LogP contribution in [0.25, 0.3) is 0 Å². The Morgan fingerprint density at radius 2 is 1.04 bits per heavy atom. The number of benzene rings is 2. The minimum atomic E-state index is -0.463. The van der Waals surface area contributed by atoms with Crippen LogP contribution < -0.4 is 0 Å². The summed E-state index contributed by atoms with van der Waals surface area (Å²) in [4.78, 5) is 23.6. The van der Waals surface area contributed by atoms with E-state index in [4.69, 9.17) is 19.7 Å². The molecule has 2 aromatic carbocycles. The van der Waals surface area contributed by atoms with E-state index in [0.717, 1.165) is 11.1 Å². The van der Waals surface area contributed by atoms with Crippen molar-refractivity contribution >= 4 is 11.9 Å². The number of rotatable bonds is 8. The van der Waals surface area contributed by atoms with Crippen LogP contribution in [0.15, 0.2) is 48.5 Å². The number of carbonyl (C=O) groups is 2. The van der Waals surface area contributed by atoms with E-state index >= 15 is 0 Å². The Balaban J connectivity index is 1.68. The molecule has 2 aromatic rings. The summed E-state index contributed by atoms with van der Waals surface area (Å²) in [7, 11) is 0. The summed E-state index contributed by atoms with van der Waals surface area (Å²) in [6.45, 7) is 0.113. The van der Waals surface area contributed by atoms with Crippen LogP contribution in [0.1, 0.15) is 38.3 Å². The SMILES string of the molecule is O=C(OCCCOC(=O)c1ccc(CO)cc1)c1ccc(CO)cc1. The van der Waals surface area contributed by atoms with E-state index in [0.29, 0.717) is 17.5 Å². The van der Waals surface area contributed by atoms with E-state index in [2.05, 4.69) is 0 Å². The number of aliphatic hydroxyl groups is 2. The molecule has 0 atom stereocenters. The van der Waals surface area contributed by atoms with Crippen LogP contribution in [0.3, 0.4) is 0 Å². The largest absolute Gasteiger partial charge is 0.462 e. The predicted molar refractivity (Wildman–Crippen MR) is 89.9 cm³/mol. The maximum absolute atomic E-state index is 11.8. The molecule has 0 aromatic heterocycles. The first kappa shape index (κ1) is 18.6. The molecule has 6 heteroatoms. The molecule has 0 saturated heterocycles. The molecular formula is C19H20O6. The van der Waals surface area contributed by atoms with Crippen molar-refractivity contribution in [3.63, 3.8) is 0 Å². The molecule has 0 saturated carbocycles. The Morgan fingerprint density at radius 1 is 0.680 bits per heavy atom. The van der Waals surface area contributed by atoms with Gasteiger partial charge >= 0.3 is 11.9 Å². The fourth-order valence-corrected chi connectivity index (χ4v) is 2.05. The van der Waals surface area contributed by atoms with Crippen LogP contribution in [0, 0.1) is 0 Å². The summed E-state index contributed by atoms with van der Waals surface area (Å²) in [6, 6.07) is 13.0. The zero-order valence-corrected chi connectivity index (χ0v) is 13.7. The third kappa shape index (κ3) is 5.70. The van der Waals surface area contributed by atoms with E-state index in [1.807, 2.05) is 0 Å². The molecule has 0 aliphatic carbocycles. The third-order valence-corrected chi connectivity index (χ3v) is 3.50. The van der Waals surface area contributed by atoms with Gasteiger partial charge in [0.15, 0.2) is 0 Å². The van der Waals surface area contributed by atoms with Crippen molar-refractivity contribution in [2.45, 2.75) is 19.6 Å². The van der Waals surface area contributed by atoms with Crippen LogP contribution in [0.5, 0.6) is 0 Å². The minimum absolute atomic E-state index is 0.0799. The topological polar surface area (TPSA) is 93.1 Å². The zero-order valence-electron chi connectivity index (χ0n) is 13.7. The second-order valence-electron chi connectivity index (χ2n) is 5.34. The number of aliphatic hydroxyl groups excluding tert-OH is 2. The molecule has 0 heterocycles. The smallest absolute Gasteiger partial charge is 0.338 e. The Labute approximate surface area is 145 Å². The molecule has 0 radical (unpaired) electrons. The van der Waals surface area contributed by atoms with Gasteiger partial charge in [-0.1, -0.05) is 24.3 Å². The molecule has 2 rings (SSSR count). The van der Waals surface area contributed by atoms with Crippen molar-refractivity contribution in [3.05, 3.63) is 70.8 Å². The highest BCUT2D eigenvalue weighted by Gasteiger charge is 2.09. The molecule has 2 N–H and O–H groups in total. The first-order valence-corrected chi connectivity index (χ1v) is 7.88. The molecule has 132 valence electrons. The van der Waals surface area contributed by atoms with Crippen LogP contribution in [0.4, 0.5) is 0 Å². The number of esters is 2. The van der Waals surface area contributed by atoms with E-state index in [9.17, 15) is 9.59 Å². The van der Waals surface area contributed by atoms with E-state index in [-0.39, 0.29) is 26.4 Å². The monoisotopic (exact) mass is 344 g/mol. The van der Waals surface area contributed by atoms with Gasteiger partial charge in [0, 0.05) is 6.42 Å². The second-order valence-corrected chi connectivity index (χ2v) is 5.34. The number of ether oxygens (including phenoxy) is 2. The van der Waals surface area contributed by atoms with E-state index < -0.39 is 11.9 Å². The first-order chi connectivity index (χ1) is 12.1. The predicted octanol–water partition coefficient (Wildman–Crippen LogP) is 2.08. The Hall–Kier alpha value is -2.70. The van der Waals surface area contributed by atoms with Gasteiger partial charge in [-0.15, -0.1) is 0 Å². The summed E-state index contributed by atoms with van der Waals surface area (Å²) in [5.74, 6) is -0.925. The molecule has 6 nitrogen and oxygen atoms in total. The van der Waals surface area contributed by atoms with Crippen molar-refractivity contribution in [2.75, 3.05) is 13.2 Å². The van der Waals surface area contributed by atoms with Gasteiger partial charge in [0.25, 0.3) is 0 Å². The third-order valence-electron chi connectivity index (χ3n) is 3.50. The summed E-state index contributed by atoms with van der Waals surface area (Å²) >= 11 is 0. The minimum Gasteiger partial charge on any atom is -0.462 e. The lowest BCUT2D eigenvalue weighted by atomic mass is 10.1. The Bertz CT molecular complexity index is 629. The average molecular weight is 344 g/mol. The lowest BCUT2D eigenvalue weighted by Gasteiger charge is -2.07.